The van der Waals surface area contributed by atoms with Gasteiger partial charge in [-0.25, -0.2) is 0 Å². The van der Waals surface area contributed by atoms with Gasteiger partial charge in [0.2, 0.25) is 5.82 Å². The molecule has 3 aliphatic rings. The molecule has 4 heterocycles. The number of hydrogen-bond acceptors (Lipinski definition) is 5. The third-order valence-electron chi connectivity index (χ3n) is 7.17. The topological polar surface area (TPSA) is 75.9 Å². The second-order valence-electron chi connectivity index (χ2n) is 9.11. The minimum Gasteiger partial charge on any atom is -0.347 e. The Morgan fingerprint density at radius 2 is 1.86 bits per heavy atom. The first-order valence-corrected chi connectivity index (χ1v) is 11.1. The molecule has 2 fully saturated rings. The monoisotopic (exact) mass is 394 g/mol. The van der Waals surface area contributed by atoms with Crippen molar-refractivity contribution < 1.29 is 4.79 Å². The van der Waals surface area contributed by atoms with E-state index in [-0.39, 0.29) is 11.3 Å². The molecule has 1 N–H and O–H groups in total. The van der Waals surface area contributed by atoms with Crippen molar-refractivity contribution in [2.75, 3.05) is 13.1 Å². The van der Waals surface area contributed by atoms with Crippen LogP contribution in [0.5, 0.6) is 0 Å². The Morgan fingerprint density at radius 1 is 1.10 bits per heavy atom. The van der Waals surface area contributed by atoms with Gasteiger partial charge in [-0.2, -0.15) is 0 Å². The minimum atomic E-state index is -0.0391. The van der Waals surface area contributed by atoms with E-state index in [4.69, 9.17) is 0 Å². The second kappa shape index (κ2) is 7.86. The number of likely N-dealkylation sites (tertiary alicyclic amines) is 1. The molecule has 0 unspecified atom stereocenters. The van der Waals surface area contributed by atoms with Crippen LogP contribution in [0.25, 0.3) is 0 Å². The Bertz CT molecular complexity index is 849. The molecule has 154 valence electrons. The van der Waals surface area contributed by atoms with Gasteiger partial charge in [0.05, 0.1) is 0 Å². The number of carbonyl (C=O) groups excluding carboxylic acids is 1. The first-order valence-electron chi connectivity index (χ1n) is 11.1. The molecule has 7 heteroatoms. The second-order valence-corrected chi connectivity index (χ2v) is 9.11. The number of piperidine rings is 1. The van der Waals surface area contributed by atoms with Gasteiger partial charge in [0.15, 0.2) is 0 Å². The molecule has 1 saturated heterocycles. The normalized spacial score (nSPS) is 21.9. The zero-order valence-corrected chi connectivity index (χ0v) is 17.0. The van der Waals surface area contributed by atoms with Crippen molar-refractivity contribution in [3.05, 3.63) is 41.7 Å². The van der Waals surface area contributed by atoms with Crippen LogP contribution in [0.2, 0.25) is 0 Å². The number of aryl methyl sites for hydroxylation is 1. The zero-order valence-electron chi connectivity index (χ0n) is 17.0. The molecule has 1 aliphatic carbocycles. The molecule has 1 saturated carbocycles. The highest BCUT2D eigenvalue weighted by molar-refractivity contribution is 5.91. The van der Waals surface area contributed by atoms with Crippen LogP contribution in [-0.4, -0.2) is 49.7 Å². The van der Waals surface area contributed by atoms with Gasteiger partial charge < -0.3 is 9.88 Å². The van der Waals surface area contributed by atoms with E-state index in [1.807, 2.05) is 12.4 Å². The average Bonchev–Trinajstić information content (AvgIpc) is 3.40. The molecule has 0 radical (unpaired) electrons. The smallest absolute Gasteiger partial charge is 0.289 e. The number of pyridine rings is 1. The van der Waals surface area contributed by atoms with Crippen LogP contribution in [0.15, 0.2) is 24.5 Å². The first kappa shape index (κ1) is 18.7. The number of nitrogens with one attached hydrogen (secondary N) is 1. The molecular formula is C22H30N6O. The SMILES string of the molecule is O=C(NC1CCCC1)c1nnc2n1CC1(CC2)CCN(Cc2ccncc2)CC1. The Hall–Kier alpha value is -2.28. The molecule has 29 heavy (non-hydrogen) atoms. The summed E-state index contributed by atoms with van der Waals surface area (Å²) in [6.45, 7) is 4.07. The van der Waals surface area contributed by atoms with Crippen LogP contribution in [0.4, 0.5) is 0 Å². The molecule has 0 aromatic carbocycles. The van der Waals surface area contributed by atoms with Gasteiger partial charge in [0, 0.05) is 37.9 Å². The molecule has 7 nitrogen and oxygen atoms in total. The summed E-state index contributed by atoms with van der Waals surface area (Å²) in [4.78, 5) is 19.5. The third kappa shape index (κ3) is 3.92. The summed E-state index contributed by atoms with van der Waals surface area (Å²) in [6, 6.07) is 4.51. The third-order valence-corrected chi connectivity index (χ3v) is 7.17. The van der Waals surface area contributed by atoms with E-state index in [1.54, 1.807) is 0 Å². The van der Waals surface area contributed by atoms with Gasteiger partial charge in [-0.15, -0.1) is 10.2 Å². The van der Waals surface area contributed by atoms with E-state index in [1.165, 1.54) is 31.2 Å². The van der Waals surface area contributed by atoms with Crippen molar-refractivity contribution in [3.63, 3.8) is 0 Å². The summed E-state index contributed by atoms with van der Waals surface area (Å²) in [7, 11) is 0. The summed E-state index contributed by atoms with van der Waals surface area (Å²) in [5.74, 6) is 1.46. The van der Waals surface area contributed by atoms with Crippen molar-refractivity contribution in [2.45, 2.75) is 70.5 Å². The largest absolute Gasteiger partial charge is 0.347 e. The van der Waals surface area contributed by atoms with Gasteiger partial charge in [0.1, 0.15) is 5.82 Å². The number of carbonyl (C=O) groups is 1. The van der Waals surface area contributed by atoms with Crippen LogP contribution >= 0.6 is 0 Å². The maximum atomic E-state index is 12.8. The van der Waals surface area contributed by atoms with Crippen molar-refractivity contribution in [1.82, 2.24) is 30.0 Å². The number of fused-ring (bicyclic) bond motifs is 1. The maximum Gasteiger partial charge on any atom is 0.289 e. The van der Waals surface area contributed by atoms with Crippen molar-refractivity contribution >= 4 is 5.91 Å². The lowest BCUT2D eigenvalue weighted by molar-refractivity contribution is 0.0617. The van der Waals surface area contributed by atoms with Crippen molar-refractivity contribution in [1.29, 1.82) is 0 Å². The van der Waals surface area contributed by atoms with Crippen LogP contribution in [0.3, 0.4) is 0 Å². The van der Waals surface area contributed by atoms with Gasteiger partial charge in [-0.1, -0.05) is 12.8 Å². The minimum absolute atomic E-state index is 0.0391. The fourth-order valence-electron chi connectivity index (χ4n) is 5.31. The molecule has 2 aromatic rings. The van der Waals surface area contributed by atoms with Gasteiger partial charge in [-0.3, -0.25) is 14.7 Å². The highest BCUT2D eigenvalue weighted by Gasteiger charge is 2.40. The fraction of sp³-hybridized carbons (Fsp3) is 0.636. The summed E-state index contributed by atoms with van der Waals surface area (Å²) in [5, 5.41) is 11.8. The Balaban J connectivity index is 1.24. The molecule has 1 spiro atoms. The van der Waals surface area contributed by atoms with E-state index in [0.717, 1.165) is 57.7 Å². The van der Waals surface area contributed by atoms with Crippen molar-refractivity contribution in [2.24, 2.45) is 5.41 Å². The van der Waals surface area contributed by atoms with Crippen LogP contribution < -0.4 is 5.32 Å². The highest BCUT2D eigenvalue weighted by Crippen LogP contribution is 2.41. The summed E-state index contributed by atoms with van der Waals surface area (Å²) >= 11 is 0. The van der Waals surface area contributed by atoms with E-state index in [9.17, 15) is 4.79 Å². The summed E-state index contributed by atoms with van der Waals surface area (Å²) in [6.07, 6.45) is 12.7. The lowest BCUT2D eigenvalue weighted by Crippen LogP contribution is -2.45. The number of rotatable bonds is 4. The first-order chi connectivity index (χ1) is 14.2. The van der Waals surface area contributed by atoms with Crippen molar-refractivity contribution in [3.8, 4) is 0 Å². The van der Waals surface area contributed by atoms with Gasteiger partial charge in [-0.05, 0) is 68.3 Å². The molecule has 2 aromatic heterocycles. The predicted octanol–water partition coefficient (Wildman–Crippen LogP) is 2.57. The Kier molecular flexibility index (Phi) is 5.08. The average molecular weight is 395 g/mol. The molecule has 5 rings (SSSR count). The van der Waals surface area contributed by atoms with Crippen LogP contribution in [0, 0.1) is 5.41 Å². The quantitative estimate of drug-likeness (QED) is 0.863. The molecule has 0 bridgehead atoms. The molecule has 0 atom stereocenters. The van der Waals surface area contributed by atoms with E-state index in [0.29, 0.717) is 11.9 Å². The molecular weight excluding hydrogens is 364 g/mol. The van der Waals surface area contributed by atoms with Gasteiger partial charge >= 0.3 is 0 Å². The Labute approximate surface area is 171 Å². The maximum absolute atomic E-state index is 12.8. The summed E-state index contributed by atoms with van der Waals surface area (Å²) < 4.78 is 2.12. The van der Waals surface area contributed by atoms with E-state index >= 15 is 0 Å². The predicted molar refractivity (Wildman–Crippen MR) is 109 cm³/mol. The lowest BCUT2D eigenvalue weighted by Gasteiger charge is -2.44. The summed E-state index contributed by atoms with van der Waals surface area (Å²) in [5.41, 5.74) is 1.60. The fourth-order valence-corrected chi connectivity index (χ4v) is 5.31. The lowest BCUT2D eigenvalue weighted by atomic mass is 9.73. The number of aromatic nitrogens is 4. The zero-order chi connectivity index (χ0) is 19.7. The van der Waals surface area contributed by atoms with Gasteiger partial charge in [0.25, 0.3) is 5.91 Å². The molecule has 2 aliphatic heterocycles. The Morgan fingerprint density at radius 3 is 2.62 bits per heavy atom. The van der Waals surface area contributed by atoms with Crippen LogP contribution in [-0.2, 0) is 19.5 Å². The molecule has 1 amide bonds. The number of nitrogens with zero attached hydrogens (tertiary/aromatic N) is 5. The number of hydrogen-bond donors (Lipinski definition) is 1. The van der Waals surface area contributed by atoms with Crippen LogP contribution in [0.1, 0.15) is 67.0 Å². The number of amides is 1. The highest BCUT2D eigenvalue weighted by atomic mass is 16.2. The standard InChI is InChI=1S/C22H30N6O/c29-21(24-18-3-1-2-4-18)20-26-25-19-5-8-22(16-28(19)20)9-13-27(14-10-22)15-17-6-11-23-12-7-17/h6-7,11-12,18H,1-5,8-10,13-16H2,(H,24,29). The van der Waals surface area contributed by atoms with E-state index in [2.05, 4.69) is 42.1 Å². The van der Waals surface area contributed by atoms with E-state index < -0.39 is 0 Å².